The topological polar surface area (TPSA) is 69.7 Å². The maximum absolute atomic E-state index is 12.6. The van der Waals surface area contributed by atoms with Crippen molar-refractivity contribution in [3.05, 3.63) is 0 Å². The predicted molar refractivity (Wildman–Crippen MR) is 92.2 cm³/mol. The minimum atomic E-state index is -2.95. The van der Waals surface area contributed by atoms with Crippen molar-refractivity contribution in [2.24, 2.45) is 5.92 Å². The summed E-state index contributed by atoms with van der Waals surface area (Å²) in [5.41, 5.74) is 0. The Labute approximate surface area is 140 Å². The summed E-state index contributed by atoms with van der Waals surface area (Å²) in [7, 11) is -2.95. The van der Waals surface area contributed by atoms with E-state index in [2.05, 4.69) is 17.1 Å². The molecule has 0 aromatic heterocycles. The quantitative estimate of drug-likeness (QED) is 0.721. The minimum Gasteiger partial charge on any atom is -0.338 e. The highest BCUT2D eigenvalue weighted by molar-refractivity contribution is 7.91. The molecule has 0 bridgehead atoms. The van der Waals surface area contributed by atoms with Crippen LogP contribution in [-0.4, -0.2) is 80.9 Å². The number of carbonyl (C=O) groups is 1. The van der Waals surface area contributed by atoms with Crippen LogP contribution >= 0.6 is 0 Å². The van der Waals surface area contributed by atoms with E-state index in [0.29, 0.717) is 25.4 Å². The summed E-state index contributed by atoms with van der Waals surface area (Å²) in [5, 5.41) is 3.40. The third-order valence-electron chi connectivity index (χ3n) is 5.06. The molecule has 0 spiro atoms. The van der Waals surface area contributed by atoms with Crippen LogP contribution in [0, 0.1) is 5.92 Å². The number of nitrogens with zero attached hydrogens (tertiary/aromatic N) is 2. The zero-order chi connectivity index (χ0) is 16.9. The number of hydrogen-bond acceptors (Lipinski definition) is 5. The first-order valence-electron chi connectivity index (χ1n) is 8.88. The lowest BCUT2D eigenvalue weighted by Crippen LogP contribution is -2.48. The largest absolute Gasteiger partial charge is 0.338 e. The van der Waals surface area contributed by atoms with E-state index in [4.69, 9.17) is 0 Å². The molecule has 134 valence electrons. The number of nitrogens with one attached hydrogen (secondary N) is 1. The summed E-state index contributed by atoms with van der Waals surface area (Å²) in [5.74, 6) is 1.15. The molecule has 2 heterocycles. The van der Waals surface area contributed by atoms with Gasteiger partial charge in [0.15, 0.2) is 9.84 Å². The van der Waals surface area contributed by atoms with Gasteiger partial charge < -0.3 is 10.2 Å². The van der Waals surface area contributed by atoms with Gasteiger partial charge in [-0.2, -0.15) is 0 Å². The highest BCUT2D eigenvalue weighted by Gasteiger charge is 2.34. The lowest BCUT2D eigenvalue weighted by Gasteiger charge is -2.34. The van der Waals surface area contributed by atoms with E-state index in [1.807, 2.05) is 6.92 Å². The van der Waals surface area contributed by atoms with Crippen LogP contribution in [0.4, 0.5) is 0 Å². The van der Waals surface area contributed by atoms with E-state index in [9.17, 15) is 13.2 Å². The Balaban J connectivity index is 1.79. The van der Waals surface area contributed by atoms with Crippen LogP contribution in [0.25, 0.3) is 0 Å². The SMILES string of the molecule is CCNCC1CCN(CC(=O)N(CC)C2CCS(=O)(=O)C2)CC1. The highest BCUT2D eigenvalue weighted by Crippen LogP contribution is 2.20. The lowest BCUT2D eigenvalue weighted by atomic mass is 9.97. The van der Waals surface area contributed by atoms with Gasteiger partial charge in [-0.15, -0.1) is 0 Å². The van der Waals surface area contributed by atoms with E-state index in [-0.39, 0.29) is 23.5 Å². The Morgan fingerprint density at radius 1 is 1.22 bits per heavy atom. The van der Waals surface area contributed by atoms with E-state index < -0.39 is 9.84 Å². The summed E-state index contributed by atoms with van der Waals surface area (Å²) in [6, 6.07) is -0.121. The molecule has 2 aliphatic rings. The van der Waals surface area contributed by atoms with Gasteiger partial charge in [-0.3, -0.25) is 9.69 Å². The number of piperidine rings is 1. The van der Waals surface area contributed by atoms with Crippen LogP contribution in [0.2, 0.25) is 0 Å². The maximum atomic E-state index is 12.6. The fourth-order valence-electron chi connectivity index (χ4n) is 3.64. The van der Waals surface area contributed by atoms with E-state index >= 15 is 0 Å². The molecule has 1 N–H and O–H groups in total. The van der Waals surface area contributed by atoms with Crippen LogP contribution in [0.15, 0.2) is 0 Å². The third kappa shape index (κ3) is 5.43. The third-order valence-corrected chi connectivity index (χ3v) is 6.81. The zero-order valence-electron chi connectivity index (χ0n) is 14.5. The average Bonchev–Trinajstić information content (AvgIpc) is 2.87. The van der Waals surface area contributed by atoms with E-state index in [1.165, 1.54) is 0 Å². The fraction of sp³-hybridized carbons (Fsp3) is 0.938. The van der Waals surface area contributed by atoms with Gasteiger partial charge in [-0.05, 0) is 58.3 Å². The first kappa shape index (κ1) is 18.7. The van der Waals surface area contributed by atoms with Gasteiger partial charge >= 0.3 is 0 Å². The standard InChI is InChI=1S/C16H31N3O3S/c1-3-17-11-14-5-8-18(9-6-14)12-16(20)19(4-2)15-7-10-23(21,22)13-15/h14-15,17H,3-13H2,1-2H3. The normalized spacial score (nSPS) is 25.6. The van der Waals surface area contributed by atoms with Gasteiger partial charge in [0.05, 0.1) is 18.1 Å². The summed E-state index contributed by atoms with van der Waals surface area (Å²) >= 11 is 0. The molecule has 0 aromatic carbocycles. The summed E-state index contributed by atoms with van der Waals surface area (Å²) < 4.78 is 23.3. The molecule has 0 aromatic rings. The number of likely N-dealkylation sites (tertiary alicyclic amines) is 1. The number of amides is 1. The Morgan fingerprint density at radius 2 is 1.91 bits per heavy atom. The van der Waals surface area contributed by atoms with E-state index in [0.717, 1.165) is 39.0 Å². The molecular formula is C16H31N3O3S. The second-order valence-electron chi connectivity index (χ2n) is 6.76. The molecule has 7 heteroatoms. The summed E-state index contributed by atoms with van der Waals surface area (Å²) in [6.45, 7) is 9.08. The fourth-order valence-corrected chi connectivity index (χ4v) is 5.37. The molecule has 2 rings (SSSR count). The van der Waals surface area contributed by atoms with Crippen molar-refractivity contribution in [2.75, 3.05) is 50.8 Å². The summed E-state index contributed by atoms with van der Waals surface area (Å²) in [4.78, 5) is 16.6. The molecule has 0 saturated carbocycles. The van der Waals surface area contributed by atoms with Crippen molar-refractivity contribution in [2.45, 2.75) is 39.2 Å². The smallest absolute Gasteiger partial charge is 0.237 e. The molecule has 6 nitrogen and oxygen atoms in total. The first-order valence-corrected chi connectivity index (χ1v) is 10.7. The van der Waals surface area contributed by atoms with Crippen LogP contribution in [-0.2, 0) is 14.6 Å². The lowest BCUT2D eigenvalue weighted by molar-refractivity contribution is -0.134. The zero-order valence-corrected chi connectivity index (χ0v) is 15.3. The minimum absolute atomic E-state index is 0.0831. The Hall–Kier alpha value is -0.660. The monoisotopic (exact) mass is 345 g/mol. The van der Waals surface area contributed by atoms with Crippen molar-refractivity contribution >= 4 is 15.7 Å². The van der Waals surface area contributed by atoms with Crippen LogP contribution in [0.1, 0.15) is 33.1 Å². The predicted octanol–water partition coefficient (Wildman–Crippen LogP) is 0.344. The number of carbonyl (C=O) groups excluding carboxylic acids is 1. The van der Waals surface area contributed by atoms with Crippen LogP contribution < -0.4 is 5.32 Å². The molecule has 0 radical (unpaired) electrons. The molecule has 0 aliphatic carbocycles. The van der Waals surface area contributed by atoms with Crippen molar-refractivity contribution in [1.82, 2.24) is 15.1 Å². The van der Waals surface area contributed by atoms with Gasteiger partial charge in [-0.25, -0.2) is 8.42 Å². The molecule has 1 unspecified atom stereocenters. The van der Waals surface area contributed by atoms with Gasteiger partial charge in [-0.1, -0.05) is 6.92 Å². The Morgan fingerprint density at radius 3 is 2.43 bits per heavy atom. The van der Waals surface area contributed by atoms with Crippen molar-refractivity contribution in [3.63, 3.8) is 0 Å². The Bertz CT molecular complexity index is 487. The van der Waals surface area contributed by atoms with E-state index in [1.54, 1.807) is 4.90 Å². The van der Waals surface area contributed by atoms with Gasteiger partial charge in [0, 0.05) is 12.6 Å². The molecule has 2 fully saturated rings. The molecule has 1 amide bonds. The van der Waals surface area contributed by atoms with Crippen molar-refractivity contribution in [3.8, 4) is 0 Å². The maximum Gasteiger partial charge on any atom is 0.237 e. The first-order chi connectivity index (χ1) is 10.9. The van der Waals surface area contributed by atoms with Gasteiger partial charge in [0.1, 0.15) is 0 Å². The number of hydrogen-bond donors (Lipinski definition) is 1. The van der Waals surface area contributed by atoms with Crippen LogP contribution in [0.3, 0.4) is 0 Å². The van der Waals surface area contributed by atoms with Crippen molar-refractivity contribution in [1.29, 1.82) is 0 Å². The second-order valence-corrected chi connectivity index (χ2v) is 8.99. The van der Waals surface area contributed by atoms with Crippen molar-refractivity contribution < 1.29 is 13.2 Å². The van der Waals surface area contributed by atoms with Crippen LogP contribution in [0.5, 0.6) is 0 Å². The summed E-state index contributed by atoms with van der Waals surface area (Å²) in [6.07, 6.45) is 2.85. The molecule has 23 heavy (non-hydrogen) atoms. The molecular weight excluding hydrogens is 314 g/mol. The molecule has 1 atom stereocenters. The molecule has 2 aliphatic heterocycles. The van der Waals surface area contributed by atoms with Gasteiger partial charge in [0.2, 0.25) is 5.91 Å². The molecule has 2 saturated heterocycles. The number of likely N-dealkylation sites (N-methyl/N-ethyl adjacent to an activating group) is 1. The van der Waals surface area contributed by atoms with Gasteiger partial charge in [0.25, 0.3) is 0 Å². The average molecular weight is 346 g/mol. The number of sulfone groups is 1. The second kappa shape index (κ2) is 8.44. The highest BCUT2D eigenvalue weighted by atomic mass is 32.2. The Kier molecular flexibility index (Phi) is 6.85. The number of rotatable bonds is 7.